The molecule has 3 heterocycles. The van der Waals surface area contributed by atoms with Gasteiger partial charge in [0.25, 0.3) is 11.5 Å². The maximum Gasteiger partial charge on any atom is 0.430 e. The highest BCUT2D eigenvalue weighted by Crippen LogP contribution is 2.52. The molecule has 0 aromatic heterocycles. The first-order chi connectivity index (χ1) is 18.7. The van der Waals surface area contributed by atoms with E-state index < -0.39 is 23.1 Å². The monoisotopic (exact) mass is 546 g/mol. The minimum Gasteiger partial charge on any atom is -0.493 e. The average Bonchev–Trinajstić information content (AvgIpc) is 2.89. The minimum atomic E-state index is -4.97. The van der Waals surface area contributed by atoms with Crippen LogP contribution in [0.4, 0.5) is 13.2 Å². The van der Waals surface area contributed by atoms with Crippen LogP contribution >= 0.6 is 0 Å². The maximum absolute atomic E-state index is 14.5. The predicted octanol–water partition coefficient (Wildman–Crippen LogP) is 4.03. The Bertz CT molecular complexity index is 1180. The minimum absolute atomic E-state index is 0.0824. The quantitative estimate of drug-likeness (QED) is 0.568. The highest BCUT2D eigenvalue weighted by atomic mass is 19.4. The van der Waals surface area contributed by atoms with Gasteiger partial charge in [-0.3, -0.25) is 9.59 Å². The molecule has 0 aliphatic carbocycles. The zero-order valence-corrected chi connectivity index (χ0v) is 21.8. The molecule has 2 aromatic rings. The van der Waals surface area contributed by atoms with Gasteiger partial charge in [-0.15, -0.1) is 0 Å². The molecule has 2 amide bonds. The Morgan fingerprint density at radius 2 is 1.74 bits per heavy atom. The van der Waals surface area contributed by atoms with Crippen molar-refractivity contribution in [2.45, 2.75) is 37.0 Å². The van der Waals surface area contributed by atoms with E-state index in [2.05, 4.69) is 5.32 Å². The number of amides is 2. The molecule has 39 heavy (non-hydrogen) atoms. The third-order valence-electron chi connectivity index (χ3n) is 8.46. The normalized spacial score (nSPS) is 23.0. The first kappa shape index (κ1) is 27.5. The van der Waals surface area contributed by atoms with Crippen molar-refractivity contribution in [2.75, 3.05) is 46.6 Å². The first-order valence-corrected chi connectivity index (χ1v) is 13.2. The molecule has 1 unspecified atom stereocenters. The number of piperidine rings is 2. The lowest BCUT2D eigenvalue weighted by molar-refractivity contribution is -0.271. The standard InChI is InChI=1S/C29H33F3N2O5/c1-37-28(29(30,31)32,21-7-3-2-4-8-21)26(36)34-13-11-27(12-14-34)15-25(35)33-16-23(27)22-9-5-6-10-24(22)39-19-20-17-38-18-20/h2-10,20,23H,11-19H2,1H3,(H,33,35)/t23?,28-/m1/s1. The largest absolute Gasteiger partial charge is 0.493 e. The van der Waals surface area contributed by atoms with Crippen LogP contribution in [0, 0.1) is 11.3 Å². The van der Waals surface area contributed by atoms with Gasteiger partial charge in [0.2, 0.25) is 5.91 Å². The Balaban J connectivity index is 1.39. The summed E-state index contributed by atoms with van der Waals surface area (Å²) in [5, 5.41) is 2.96. The number of rotatable bonds is 7. The van der Waals surface area contributed by atoms with E-state index >= 15 is 0 Å². The van der Waals surface area contributed by atoms with Crippen molar-refractivity contribution in [1.82, 2.24) is 10.2 Å². The number of hydrogen-bond acceptors (Lipinski definition) is 5. The van der Waals surface area contributed by atoms with Crippen molar-refractivity contribution in [1.29, 1.82) is 0 Å². The summed E-state index contributed by atoms with van der Waals surface area (Å²) < 4.78 is 59.9. The van der Waals surface area contributed by atoms with Crippen LogP contribution < -0.4 is 10.1 Å². The van der Waals surface area contributed by atoms with E-state index in [0.29, 0.717) is 45.1 Å². The third kappa shape index (κ3) is 5.00. The predicted molar refractivity (Wildman–Crippen MR) is 136 cm³/mol. The molecule has 0 saturated carbocycles. The lowest BCUT2D eigenvalue weighted by atomic mass is 9.62. The van der Waals surface area contributed by atoms with Gasteiger partial charge in [0.1, 0.15) is 5.75 Å². The van der Waals surface area contributed by atoms with Crippen molar-refractivity contribution in [3.8, 4) is 5.75 Å². The Kier molecular flexibility index (Phi) is 7.61. The van der Waals surface area contributed by atoms with Crippen LogP contribution in [0.3, 0.4) is 0 Å². The first-order valence-electron chi connectivity index (χ1n) is 13.2. The molecule has 3 aliphatic heterocycles. The van der Waals surface area contributed by atoms with Crippen LogP contribution in [0.25, 0.3) is 0 Å². The van der Waals surface area contributed by atoms with E-state index in [9.17, 15) is 22.8 Å². The topological polar surface area (TPSA) is 77.1 Å². The fourth-order valence-electron chi connectivity index (χ4n) is 6.17. The average molecular weight is 547 g/mol. The summed E-state index contributed by atoms with van der Waals surface area (Å²) in [6.07, 6.45) is -3.97. The summed E-state index contributed by atoms with van der Waals surface area (Å²) in [7, 11) is 0.915. The molecule has 2 aromatic carbocycles. The molecule has 1 N–H and O–H groups in total. The van der Waals surface area contributed by atoms with Gasteiger partial charge < -0.3 is 24.4 Å². The van der Waals surface area contributed by atoms with E-state index in [-0.39, 0.29) is 36.9 Å². The lowest BCUT2D eigenvalue weighted by Crippen LogP contribution is -2.60. The van der Waals surface area contributed by atoms with Gasteiger partial charge in [0, 0.05) is 50.6 Å². The van der Waals surface area contributed by atoms with Crippen LogP contribution in [0.15, 0.2) is 54.6 Å². The number of hydrogen-bond donors (Lipinski definition) is 1. The molecule has 7 nitrogen and oxygen atoms in total. The summed E-state index contributed by atoms with van der Waals surface area (Å²) >= 11 is 0. The SMILES string of the molecule is CO[C@@](C(=O)N1CCC2(CC1)CC(=O)NCC2c1ccccc1OCC1COC1)(c1ccccc1)C(F)(F)F. The number of methoxy groups -OCH3 is 1. The number of alkyl halides is 3. The number of nitrogens with one attached hydrogen (secondary N) is 1. The van der Waals surface area contributed by atoms with Crippen LogP contribution in [-0.2, 0) is 24.7 Å². The Labute approximate surface area is 225 Å². The van der Waals surface area contributed by atoms with Gasteiger partial charge in [-0.25, -0.2) is 0 Å². The van der Waals surface area contributed by atoms with Gasteiger partial charge in [-0.05, 0) is 29.9 Å². The summed E-state index contributed by atoms with van der Waals surface area (Å²) in [5.41, 5.74) is -2.92. The second-order valence-electron chi connectivity index (χ2n) is 10.7. The third-order valence-corrected chi connectivity index (χ3v) is 8.46. The number of carbonyl (C=O) groups excluding carboxylic acids is 2. The number of likely N-dealkylation sites (tertiary alicyclic amines) is 1. The van der Waals surface area contributed by atoms with Crippen LogP contribution in [-0.4, -0.2) is 69.5 Å². The number of ether oxygens (including phenoxy) is 3. The number of benzene rings is 2. The molecule has 1 spiro atoms. The van der Waals surface area contributed by atoms with Crippen LogP contribution in [0.2, 0.25) is 0 Å². The Morgan fingerprint density at radius 1 is 1.08 bits per heavy atom. The van der Waals surface area contributed by atoms with Gasteiger partial charge in [0.05, 0.1) is 19.8 Å². The Hall–Kier alpha value is -3.11. The molecule has 3 aliphatic rings. The summed E-state index contributed by atoms with van der Waals surface area (Å²) in [6, 6.07) is 14.7. The molecule has 10 heteroatoms. The van der Waals surface area contributed by atoms with E-state index in [1.165, 1.54) is 29.2 Å². The summed E-state index contributed by atoms with van der Waals surface area (Å²) in [6.45, 7) is 2.42. The fourth-order valence-corrected chi connectivity index (χ4v) is 6.17. The zero-order valence-electron chi connectivity index (χ0n) is 21.8. The van der Waals surface area contributed by atoms with E-state index in [1.807, 2.05) is 24.3 Å². The molecule has 2 atom stereocenters. The number of nitrogens with zero attached hydrogens (tertiary/aromatic N) is 1. The highest BCUT2D eigenvalue weighted by molar-refractivity contribution is 5.88. The van der Waals surface area contributed by atoms with E-state index in [1.54, 1.807) is 6.07 Å². The second kappa shape index (κ2) is 10.8. The molecule has 3 fully saturated rings. The number of para-hydroxylation sites is 1. The van der Waals surface area contributed by atoms with Gasteiger partial charge in [-0.2, -0.15) is 13.2 Å². The van der Waals surface area contributed by atoms with Crippen molar-refractivity contribution in [3.05, 3.63) is 65.7 Å². The van der Waals surface area contributed by atoms with Crippen molar-refractivity contribution in [2.24, 2.45) is 11.3 Å². The van der Waals surface area contributed by atoms with E-state index in [4.69, 9.17) is 14.2 Å². The lowest BCUT2D eigenvalue weighted by Gasteiger charge is -2.50. The van der Waals surface area contributed by atoms with Crippen LogP contribution in [0.5, 0.6) is 5.75 Å². The van der Waals surface area contributed by atoms with E-state index in [0.717, 1.165) is 18.4 Å². The van der Waals surface area contributed by atoms with Crippen molar-refractivity contribution in [3.63, 3.8) is 0 Å². The fraction of sp³-hybridized carbons (Fsp3) is 0.517. The smallest absolute Gasteiger partial charge is 0.430 e. The molecule has 0 bridgehead atoms. The molecule has 5 rings (SSSR count). The molecule has 210 valence electrons. The number of carbonyl (C=O) groups is 2. The molecule has 0 radical (unpaired) electrons. The van der Waals surface area contributed by atoms with Crippen molar-refractivity contribution >= 4 is 11.8 Å². The number of halogens is 3. The van der Waals surface area contributed by atoms with Gasteiger partial charge >= 0.3 is 6.18 Å². The molecular formula is C29H33F3N2O5. The summed E-state index contributed by atoms with van der Waals surface area (Å²) in [4.78, 5) is 27.4. The summed E-state index contributed by atoms with van der Waals surface area (Å²) in [5.74, 6) is -0.261. The van der Waals surface area contributed by atoms with Gasteiger partial charge in [-0.1, -0.05) is 48.5 Å². The van der Waals surface area contributed by atoms with Crippen LogP contribution in [0.1, 0.15) is 36.3 Å². The zero-order chi connectivity index (χ0) is 27.7. The maximum atomic E-state index is 14.5. The second-order valence-corrected chi connectivity index (χ2v) is 10.7. The molecule has 3 saturated heterocycles. The van der Waals surface area contributed by atoms with Crippen molar-refractivity contribution < 1.29 is 37.0 Å². The highest BCUT2D eigenvalue weighted by Gasteiger charge is 2.64. The van der Waals surface area contributed by atoms with Gasteiger partial charge in [0.15, 0.2) is 0 Å². The molecular weight excluding hydrogens is 513 g/mol. The Morgan fingerprint density at radius 3 is 2.36 bits per heavy atom.